The first kappa shape index (κ1) is 26.7. The Labute approximate surface area is 232 Å². The summed E-state index contributed by atoms with van der Waals surface area (Å²) in [5.41, 5.74) is 2.64. The van der Waals surface area contributed by atoms with Gasteiger partial charge in [-0.1, -0.05) is 12.2 Å². The second-order valence-corrected chi connectivity index (χ2v) is 11.8. The SMILES string of the molecule is O=S(=O)(CCO)Nc1ccc2c(c1)N1CCC(CC1)OC/C=C\C1CN(CCO1)c1cc(ccn1)-c1nnc-2o1. The third-order valence-electron chi connectivity index (χ3n) is 7.26. The van der Waals surface area contributed by atoms with E-state index in [1.807, 2.05) is 18.2 Å². The number of aliphatic hydroxyl groups is 1. The van der Waals surface area contributed by atoms with Crippen LogP contribution in [-0.2, 0) is 19.5 Å². The van der Waals surface area contributed by atoms with Crippen molar-refractivity contribution in [2.24, 2.45) is 0 Å². The fourth-order valence-electron chi connectivity index (χ4n) is 5.22. The van der Waals surface area contributed by atoms with E-state index in [-0.39, 0.29) is 18.0 Å². The van der Waals surface area contributed by atoms with Crippen molar-refractivity contribution in [1.29, 1.82) is 0 Å². The molecule has 3 aromatic rings. The number of rotatable bonds is 4. The number of hydrogen-bond donors (Lipinski definition) is 2. The number of benzene rings is 1. The monoisotopic (exact) mass is 568 g/mol. The van der Waals surface area contributed by atoms with Gasteiger partial charge in [0, 0.05) is 37.9 Å². The summed E-state index contributed by atoms with van der Waals surface area (Å²) in [5.74, 6) is 1.12. The van der Waals surface area contributed by atoms with E-state index in [2.05, 4.69) is 35.8 Å². The van der Waals surface area contributed by atoms with Crippen molar-refractivity contribution in [3.05, 3.63) is 48.7 Å². The molecule has 2 N–H and O–H groups in total. The van der Waals surface area contributed by atoms with Gasteiger partial charge in [0.05, 0.1) is 54.7 Å². The Hall–Kier alpha value is -3.52. The van der Waals surface area contributed by atoms with Crippen molar-refractivity contribution < 1.29 is 27.4 Å². The Morgan fingerprint density at radius 1 is 1.02 bits per heavy atom. The van der Waals surface area contributed by atoms with Crippen molar-refractivity contribution in [3.63, 3.8) is 0 Å². The zero-order valence-corrected chi connectivity index (χ0v) is 22.8. The Balaban J connectivity index is 1.38. The fourth-order valence-corrected chi connectivity index (χ4v) is 6.05. The van der Waals surface area contributed by atoms with Crippen molar-refractivity contribution in [2.45, 2.75) is 25.0 Å². The van der Waals surface area contributed by atoms with Crippen LogP contribution in [-0.4, -0.2) is 92.7 Å². The van der Waals surface area contributed by atoms with Gasteiger partial charge in [-0.05, 0) is 43.2 Å². The van der Waals surface area contributed by atoms with Gasteiger partial charge < -0.3 is 28.8 Å². The highest BCUT2D eigenvalue weighted by atomic mass is 32.2. The molecule has 4 aliphatic heterocycles. The van der Waals surface area contributed by atoms with E-state index in [9.17, 15) is 8.42 Å². The summed E-state index contributed by atoms with van der Waals surface area (Å²) in [5, 5.41) is 17.8. The quantitative estimate of drug-likeness (QED) is 0.448. The van der Waals surface area contributed by atoms with Crippen LogP contribution >= 0.6 is 0 Å². The number of piperidine rings is 1. The van der Waals surface area contributed by atoms with Gasteiger partial charge in [-0.3, -0.25) is 4.72 Å². The molecule has 4 aliphatic rings. The van der Waals surface area contributed by atoms with E-state index in [0.717, 1.165) is 36.5 Å². The largest absolute Gasteiger partial charge is 0.416 e. The summed E-state index contributed by atoms with van der Waals surface area (Å²) < 4.78 is 45.5. The molecule has 0 aliphatic carbocycles. The average molecular weight is 569 g/mol. The molecule has 2 aromatic heterocycles. The lowest BCUT2D eigenvalue weighted by Crippen LogP contribution is -2.42. The van der Waals surface area contributed by atoms with E-state index in [1.54, 1.807) is 24.4 Å². The summed E-state index contributed by atoms with van der Waals surface area (Å²) in [7, 11) is -3.69. The van der Waals surface area contributed by atoms with Gasteiger partial charge in [-0.2, -0.15) is 0 Å². The summed E-state index contributed by atoms with van der Waals surface area (Å²) in [4.78, 5) is 8.93. The molecule has 0 spiro atoms. The van der Waals surface area contributed by atoms with E-state index < -0.39 is 16.6 Å². The Bertz CT molecular complexity index is 1470. The number of fused-ring (bicyclic) bond motifs is 4. The maximum absolute atomic E-state index is 12.3. The van der Waals surface area contributed by atoms with Crippen LogP contribution in [0.5, 0.6) is 0 Å². The Morgan fingerprint density at radius 3 is 2.73 bits per heavy atom. The molecular formula is C27H32N6O6S. The molecule has 40 heavy (non-hydrogen) atoms. The first-order chi connectivity index (χ1) is 19.5. The van der Waals surface area contributed by atoms with Gasteiger partial charge in [-0.15, -0.1) is 10.2 Å². The maximum atomic E-state index is 12.3. The second kappa shape index (κ2) is 11.5. The van der Waals surface area contributed by atoms with Gasteiger partial charge >= 0.3 is 0 Å². The Kier molecular flexibility index (Phi) is 7.69. The second-order valence-electron chi connectivity index (χ2n) is 9.99. The minimum absolute atomic E-state index is 0.0553. The molecular weight excluding hydrogens is 536 g/mol. The highest BCUT2D eigenvalue weighted by molar-refractivity contribution is 7.92. The van der Waals surface area contributed by atoms with Crippen LogP contribution in [0.1, 0.15) is 12.8 Å². The standard InChI is InChI=1S/C27H32N6O6S/c34-12-15-40(35,36)31-20-3-4-23-24(17-20)32-9-6-21(7-10-32)37-13-1-2-22-18-33(11-14-38-22)25-16-19(5-8-28-25)26-29-30-27(23)39-26/h1-5,8,16-17,21-22,31,34H,6-7,9-15,18H2/b2-1-. The summed E-state index contributed by atoms with van der Waals surface area (Å²) >= 11 is 0. The first-order valence-corrected chi connectivity index (χ1v) is 15.1. The molecule has 1 unspecified atom stereocenters. The van der Waals surface area contributed by atoms with E-state index in [4.69, 9.17) is 19.0 Å². The lowest BCUT2D eigenvalue weighted by atomic mass is 10.0. The van der Waals surface area contributed by atoms with Crippen molar-refractivity contribution in [3.8, 4) is 22.9 Å². The number of morpholine rings is 1. The predicted octanol–water partition coefficient (Wildman–Crippen LogP) is 2.29. The van der Waals surface area contributed by atoms with Gasteiger partial charge in [0.25, 0.3) is 0 Å². The van der Waals surface area contributed by atoms with E-state index in [0.29, 0.717) is 55.9 Å². The number of aromatic nitrogens is 3. The number of aliphatic hydroxyl groups excluding tert-OH is 1. The minimum atomic E-state index is -3.69. The number of hydrogen-bond acceptors (Lipinski definition) is 11. The Morgan fingerprint density at radius 2 is 1.88 bits per heavy atom. The summed E-state index contributed by atoms with van der Waals surface area (Å²) in [6.45, 7) is 3.47. The molecule has 2 saturated heterocycles. The highest BCUT2D eigenvalue weighted by Crippen LogP contribution is 2.36. The molecule has 6 heterocycles. The van der Waals surface area contributed by atoms with Crippen molar-refractivity contribution >= 4 is 27.2 Å². The number of nitrogens with one attached hydrogen (secondary N) is 1. The third-order valence-corrected chi connectivity index (χ3v) is 8.52. The molecule has 1 aromatic carbocycles. The zero-order chi connectivity index (χ0) is 27.5. The number of pyridine rings is 1. The van der Waals surface area contributed by atoms with Gasteiger partial charge in [-0.25, -0.2) is 13.4 Å². The molecule has 8 bridgehead atoms. The van der Waals surface area contributed by atoms with Crippen molar-refractivity contribution in [2.75, 3.05) is 66.3 Å². The fraction of sp³-hybridized carbons (Fsp3) is 0.444. The molecule has 0 amide bonds. The van der Waals surface area contributed by atoms with Crippen LogP contribution in [0.2, 0.25) is 0 Å². The lowest BCUT2D eigenvalue weighted by Gasteiger charge is -2.34. The maximum Gasteiger partial charge on any atom is 0.250 e. The van der Waals surface area contributed by atoms with Crippen LogP contribution in [0.3, 0.4) is 0 Å². The average Bonchev–Trinajstić information content (AvgIpc) is 3.46. The number of sulfonamides is 1. The zero-order valence-electron chi connectivity index (χ0n) is 22.0. The molecule has 212 valence electrons. The predicted molar refractivity (Wildman–Crippen MR) is 150 cm³/mol. The van der Waals surface area contributed by atoms with Crippen LogP contribution in [0.25, 0.3) is 22.9 Å². The van der Waals surface area contributed by atoms with Crippen LogP contribution in [0.4, 0.5) is 17.2 Å². The van der Waals surface area contributed by atoms with Crippen molar-refractivity contribution in [1.82, 2.24) is 15.2 Å². The van der Waals surface area contributed by atoms with Gasteiger partial charge in [0.2, 0.25) is 21.8 Å². The summed E-state index contributed by atoms with van der Waals surface area (Å²) in [6, 6.07) is 8.99. The number of anilines is 3. The van der Waals surface area contributed by atoms with Crippen LogP contribution in [0.15, 0.2) is 53.1 Å². The molecule has 0 radical (unpaired) electrons. The van der Waals surface area contributed by atoms with E-state index in [1.165, 1.54) is 0 Å². The van der Waals surface area contributed by atoms with E-state index >= 15 is 0 Å². The molecule has 12 nitrogen and oxygen atoms in total. The number of nitrogens with zero attached hydrogens (tertiary/aromatic N) is 5. The number of ether oxygens (including phenoxy) is 2. The molecule has 2 fully saturated rings. The third kappa shape index (κ3) is 5.97. The van der Waals surface area contributed by atoms with Gasteiger partial charge in [0.15, 0.2) is 0 Å². The normalized spacial score (nSPS) is 22.1. The smallest absolute Gasteiger partial charge is 0.250 e. The summed E-state index contributed by atoms with van der Waals surface area (Å²) in [6.07, 6.45) is 7.50. The topological polar surface area (TPSA) is 143 Å². The molecule has 13 heteroatoms. The lowest BCUT2D eigenvalue weighted by molar-refractivity contribution is 0.0528. The molecule has 0 saturated carbocycles. The molecule has 1 atom stereocenters. The molecule has 7 rings (SSSR count). The minimum Gasteiger partial charge on any atom is -0.416 e. The highest BCUT2D eigenvalue weighted by Gasteiger charge is 2.26. The van der Waals surface area contributed by atoms with Gasteiger partial charge in [0.1, 0.15) is 5.82 Å². The van der Waals surface area contributed by atoms with Crippen LogP contribution < -0.4 is 14.5 Å². The van der Waals surface area contributed by atoms with Crippen LogP contribution in [0, 0.1) is 0 Å². The first-order valence-electron chi connectivity index (χ1n) is 13.4.